The molecule has 0 radical (unpaired) electrons. The number of ether oxygens (including phenoxy) is 2. The Kier molecular flexibility index (Phi) is 24.2. The van der Waals surface area contributed by atoms with Gasteiger partial charge in [0.2, 0.25) is 0 Å². The second-order valence-corrected chi connectivity index (χ2v) is 11.2. The van der Waals surface area contributed by atoms with Crippen molar-refractivity contribution in [2.75, 3.05) is 53.2 Å². The zero-order chi connectivity index (χ0) is 38.6. The van der Waals surface area contributed by atoms with E-state index < -0.39 is 5.97 Å². The van der Waals surface area contributed by atoms with Crippen LogP contribution in [-0.2, 0) is 12.8 Å². The van der Waals surface area contributed by atoms with Gasteiger partial charge in [-0.25, -0.2) is 4.79 Å². The molecule has 1 heterocycles. The summed E-state index contributed by atoms with van der Waals surface area (Å²) in [7, 11) is 1.59. The number of aromatic hydroxyl groups is 2. The van der Waals surface area contributed by atoms with E-state index in [0.29, 0.717) is 43.4 Å². The maximum absolute atomic E-state index is 10.3. The van der Waals surface area contributed by atoms with Gasteiger partial charge in [-0.15, -0.1) is 10.2 Å². The van der Waals surface area contributed by atoms with Gasteiger partial charge in [-0.1, -0.05) is 88.6 Å². The number of aliphatic hydroxyl groups is 3. The molecule has 3 aromatic carbocycles. The highest BCUT2D eigenvalue weighted by Gasteiger charge is 2.12. The number of nitrogens with zero attached hydrogens (tertiary/aromatic N) is 4. The Balaban J connectivity index is 0.000000358. The quantitative estimate of drug-likeness (QED) is 0.0760. The van der Waals surface area contributed by atoms with E-state index in [-0.39, 0.29) is 36.9 Å². The van der Waals surface area contributed by atoms with Gasteiger partial charge in [-0.05, 0) is 48.2 Å². The van der Waals surface area contributed by atoms with E-state index in [2.05, 4.69) is 36.2 Å². The van der Waals surface area contributed by atoms with E-state index in [1.54, 1.807) is 36.4 Å². The number of aromatic nitrogens is 3. The molecule has 4 rings (SSSR count). The van der Waals surface area contributed by atoms with Crippen LogP contribution in [0, 0.1) is 0 Å². The van der Waals surface area contributed by atoms with E-state index in [1.165, 1.54) is 37.0 Å². The van der Waals surface area contributed by atoms with Crippen molar-refractivity contribution in [1.29, 1.82) is 0 Å². The number of para-hydroxylation sites is 1. The van der Waals surface area contributed by atoms with Crippen LogP contribution in [0.5, 0.6) is 23.0 Å². The van der Waals surface area contributed by atoms with Crippen LogP contribution in [-0.4, -0.2) is 110 Å². The Hall–Kier alpha value is -4.82. The van der Waals surface area contributed by atoms with Gasteiger partial charge in [0, 0.05) is 30.8 Å². The second-order valence-electron chi connectivity index (χ2n) is 11.2. The minimum absolute atomic E-state index is 0.0671. The van der Waals surface area contributed by atoms with Crippen molar-refractivity contribution in [2.24, 2.45) is 0 Å². The standard InChI is InChI=1S/C16H26O2.C10H9N3O.C7H6O3.C6H15NO3/c1-4-7-8-9-12-18-16-14(6-3)13(5-2)10-11-15(16)17;1-14-9-7-11-13-12-10(9)8-5-3-2-4-6-8;8-6-4-2-1-3-5(6)7(9)10;8-4-1-7(2-5-9)3-6-10/h10-11,17H,4-9,12H2,1-3H3;2-7H,1H3;1-4,8H,(H,9,10);8-10H,1-6H2. The number of hydrogen-bond donors (Lipinski definition) is 6. The topological polar surface area (TPSA) is 199 Å². The molecule has 0 saturated heterocycles. The van der Waals surface area contributed by atoms with Crippen LogP contribution in [0.3, 0.4) is 0 Å². The first-order chi connectivity index (χ1) is 25.2. The van der Waals surface area contributed by atoms with E-state index in [0.717, 1.165) is 30.4 Å². The number of carboxylic acid groups (broad SMARTS) is 1. The van der Waals surface area contributed by atoms with Crippen LogP contribution in [0.2, 0.25) is 0 Å². The zero-order valence-corrected chi connectivity index (χ0v) is 30.8. The molecule has 52 heavy (non-hydrogen) atoms. The predicted octanol–water partition coefficient (Wildman–Crippen LogP) is 5.38. The molecule has 0 amide bonds. The summed E-state index contributed by atoms with van der Waals surface area (Å²) in [6.45, 7) is 8.90. The molecule has 0 atom stereocenters. The lowest BCUT2D eigenvalue weighted by molar-refractivity contribution is 0.0693. The van der Waals surface area contributed by atoms with Crippen LogP contribution < -0.4 is 9.47 Å². The summed E-state index contributed by atoms with van der Waals surface area (Å²) in [4.78, 5) is 12.1. The van der Waals surface area contributed by atoms with E-state index in [4.69, 9.17) is 35.0 Å². The smallest absolute Gasteiger partial charge is 0.339 e. The number of rotatable bonds is 17. The summed E-state index contributed by atoms with van der Waals surface area (Å²) in [6.07, 6.45) is 8.19. The van der Waals surface area contributed by atoms with E-state index >= 15 is 0 Å². The number of aromatic carboxylic acids is 1. The highest BCUT2D eigenvalue weighted by atomic mass is 16.5. The molecule has 0 aliphatic heterocycles. The average Bonchev–Trinajstić information content (AvgIpc) is 3.16. The average molecular weight is 725 g/mol. The molecular formula is C39H56N4O9. The molecule has 13 nitrogen and oxygen atoms in total. The van der Waals surface area contributed by atoms with E-state index in [9.17, 15) is 9.90 Å². The number of aryl methyl sites for hydroxylation is 1. The normalized spacial score (nSPS) is 10.2. The van der Waals surface area contributed by atoms with Crippen molar-refractivity contribution in [3.8, 4) is 34.3 Å². The van der Waals surface area contributed by atoms with Crippen LogP contribution in [0.4, 0.5) is 0 Å². The van der Waals surface area contributed by atoms with Gasteiger partial charge >= 0.3 is 5.97 Å². The molecular weight excluding hydrogens is 668 g/mol. The Morgan fingerprint density at radius 3 is 1.92 bits per heavy atom. The number of phenols is 2. The van der Waals surface area contributed by atoms with Gasteiger partial charge in [0.25, 0.3) is 0 Å². The first-order valence-corrected chi connectivity index (χ1v) is 17.5. The first-order valence-electron chi connectivity index (χ1n) is 17.5. The number of carboxylic acids is 1. The van der Waals surface area contributed by atoms with Crippen molar-refractivity contribution < 1.29 is 44.9 Å². The Labute approximate surface area is 307 Å². The number of methoxy groups -OCH3 is 1. The summed E-state index contributed by atoms with van der Waals surface area (Å²) < 4.78 is 10.9. The molecule has 0 aliphatic rings. The van der Waals surface area contributed by atoms with Gasteiger partial charge in [0.05, 0.1) is 39.7 Å². The molecule has 286 valence electrons. The number of carbonyl (C=O) groups is 1. The number of phenolic OH excluding ortho intramolecular Hbond substituents is 1. The van der Waals surface area contributed by atoms with Gasteiger partial charge in [-0.3, -0.25) is 4.90 Å². The molecule has 13 heteroatoms. The first kappa shape index (κ1) is 45.2. The highest BCUT2D eigenvalue weighted by Crippen LogP contribution is 2.33. The summed E-state index contributed by atoms with van der Waals surface area (Å²) >= 11 is 0. The van der Waals surface area contributed by atoms with Crippen LogP contribution in [0.25, 0.3) is 11.3 Å². The number of hydrogen-bond acceptors (Lipinski definition) is 12. The maximum atomic E-state index is 10.3. The summed E-state index contributed by atoms with van der Waals surface area (Å²) in [6, 6.07) is 19.3. The molecule has 0 bridgehead atoms. The molecule has 0 fully saturated rings. The summed E-state index contributed by atoms with van der Waals surface area (Å²) in [5, 5.41) is 63.9. The van der Waals surface area contributed by atoms with Crippen LogP contribution in [0.1, 0.15) is 67.9 Å². The van der Waals surface area contributed by atoms with Gasteiger partial charge in [0.1, 0.15) is 17.0 Å². The minimum Gasteiger partial charge on any atom is -0.507 e. The zero-order valence-electron chi connectivity index (χ0n) is 30.8. The fourth-order valence-electron chi connectivity index (χ4n) is 4.86. The predicted molar refractivity (Wildman–Crippen MR) is 201 cm³/mol. The van der Waals surface area contributed by atoms with Crippen molar-refractivity contribution in [3.05, 3.63) is 89.6 Å². The minimum atomic E-state index is -1.11. The Morgan fingerprint density at radius 1 is 0.769 bits per heavy atom. The number of benzene rings is 3. The lowest BCUT2D eigenvalue weighted by Crippen LogP contribution is -2.32. The highest BCUT2D eigenvalue weighted by molar-refractivity contribution is 5.90. The molecule has 0 unspecified atom stereocenters. The van der Waals surface area contributed by atoms with Crippen molar-refractivity contribution in [2.45, 2.75) is 59.3 Å². The Bertz CT molecular complexity index is 1510. The summed E-state index contributed by atoms with van der Waals surface area (Å²) in [5.41, 5.74) is 4.05. The van der Waals surface area contributed by atoms with Crippen LogP contribution in [0.15, 0.2) is 72.9 Å². The van der Waals surface area contributed by atoms with Gasteiger partial charge in [0.15, 0.2) is 17.2 Å². The van der Waals surface area contributed by atoms with Crippen molar-refractivity contribution in [3.63, 3.8) is 0 Å². The Morgan fingerprint density at radius 2 is 1.40 bits per heavy atom. The fraction of sp³-hybridized carbons (Fsp3) is 0.436. The molecule has 4 aromatic rings. The molecule has 0 spiro atoms. The van der Waals surface area contributed by atoms with Crippen LogP contribution >= 0.6 is 0 Å². The molecule has 1 aromatic heterocycles. The number of unbranched alkanes of at least 4 members (excludes halogenated alkanes) is 3. The maximum Gasteiger partial charge on any atom is 0.339 e. The van der Waals surface area contributed by atoms with Gasteiger partial charge in [-0.2, -0.15) is 0 Å². The molecule has 0 saturated carbocycles. The van der Waals surface area contributed by atoms with Crippen molar-refractivity contribution >= 4 is 5.97 Å². The molecule has 0 aliphatic carbocycles. The lowest BCUT2D eigenvalue weighted by Gasteiger charge is -2.17. The largest absolute Gasteiger partial charge is 0.507 e. The third-order valence-electron chi connectivity index (χ3n) is 7.57. The summed E-state index contributed by atoms with van der Waals surface area (Å²) in [5.74, 6) is 0.298. The SMILES string of the molecule is CCCCCCOc1c(O)ccc(CC)c1CC.COc1cnnnc1-c1ccccc1.O=C(O)c1ccccc1O.OCCN(CCO)CCO. The van der Waals surface area contributed by atoms with Gasteiger partial charge < -0.3 is 40.1 Å². The van der Waals surface area contributed by atoms with E-state index in [1.807, 2.05) is 36.4 Å². The third-order valence-corrected chi connectivity index (χ3v) is 7.57. The number of aliphatic hydroxyl groups excluding tert-OH is 3. The molecule has 6 N–H and O–H groups in total. The third kappa shape index (κ3) is 16.9. The van der Waals surface area contributed by atoms with Crippen molar-refractivity contribution in [1.82, 2.24) is 20.3 Å². The fourth-order valence-corrected chi connectivity index (χ4v) is 4.86. The monoisotopic (exact) mass is 724 g/mol. The lowest BCUT2D eigenvalue weighted by atomic mass is 10.0. The second kappa shape index (κ2) is 27.8.